The average molecular weight is 483 g/mol. The van der Waals surface area contributed by atoms with E-state index in [2.05, 4.69) is 38.5 Å². The van der Waals surface area contributed by atoms with Crippen LogP contribution in [0.5, 0.6) is 11.5 Å². The molecule has 0 amide bonds. The molecule has 0 bridgehead atoms. The van der Waals surface area contributed by atoms with Crippen molar-refractivity contribution < 1.29 is 9.47 Å². The van der Waals surface area contributed by atoms with Crippen molar-refractivity contribution in [1.29, 1.82) is 0 Å². The summed E-state index contributed by atoms with van der Waals surface area (Å²) in [7, 11) is 3.23. The zero-order chi connectivity index (χ0) is 15.6. The quantitative estimate of drug-likeness (QED) is 0.639. The van der Waals surface area contributed by atoms with Crippen LogP contribution in [-0.4, -0.2) is 14.2 Å². The van der Waals surface area contributed by atoms with Crippen LogP contribution in [0.15, 0.2) is 34.8 Å². The van der Waals surface area contributed by atoms with Gasteiger partial charge in [0.25, 0.3) is 0 Å². The molecule has 0 aliphatic heterocycles. The number of hydrogen-bond donors (Lipinski definition) is 1. The first kappa shape index (κ1) is 16.9. The van der Waals surface area contributed by atoms with Crippen LogP contribution >= 0.6 is 50.1 Å². The zero-order valence-electron chi connectivity index (χ0n) is 11.5. The van der Waals surface area contributed by atoms with Gasteiger partial charge in [-0.2, -0.15) is 0 Å². The standard InChI is InChI=1S/C15H14BrClINO2/c1-20-13-7-10(16)14(21-2)6-9(13)15(19)8-3-4-12(18)11(17)5-8/h3-7,15H,19H2,1-2H3. The monoisotopic (exact) mass is 481 g/mol. The van der Waals surface area contributed by atoms with Crippen molar-refractivity contribution in [3.05, 3.63) is 54.5 Å². The van der Waals surface area contributed by atoms with Crippen LogP contribution in [0.1, 0.15) is 17.2 Å². The molecule has 0 radical (unpaired) electrons. The Balaban J connectivity index is 2.50. The minimum atomic E-state index is -0.351. The largest absolute Gasteiger partial charge is 0.496 e. The third kappa shape index (κ3) is 3.64. The molecule has 1 atom stereocenters. The van der Waals surface area contributed by atoms with Crippen LogP contribution in [0.4, 0.5) is 0 Å². The second-order valence-corrected chi connectivity index (χ2v) is 6.80. The van der Waals surface area contributed by atoms with Gasteiger partial charge in [0.05, 0.1) is 29.8 Å². The second-order valence-electron chi connectivity index (χ2n) is 4.38. The van der Waals surface area contributed by atoms with E-state index in [0.29, 0.717) is 16.5 Å². The minimum Gasteiger partial charge on any atom is -0.496 e. The summed E-state index contributed by atoms with van der Waals surface area (Å²) >= 11 is 11.8. The van der Waals surface area contributed by atoms with Crippen LogP contribution in [0.3, 0.4) is 0 Å². The molecule has 0 heterocycles. The lowest BCUT2D eigenvalue weighted by molar-refractivity contribution is 0.395. The Morgan fingerprint density at radius 2 is 1.81 bits per heavy atom. The van der Waals surface area contributed by atoms with E-state index in [4.69, 9.17) is 26.8 Å². The fourth-order valence-corrected chi connectivity index (χ4v) is 3.02. The van der Waals surface area contributed by atoms with Gasteiger partial charge in [-0.05, 0) is 68.3 Å². The van der Waals surface area contributed by atoms with E-state index in [1.807, 2.05) is 30.3 Å². The lowest BCUT2D eigenvalue weighted by Crippen LogP contribution is -2.13. The Hall–Kier alpha value is -0.500. The first-order chi connectivity index (χ1) is 9.97. The van der Waals surface area contributed by atoms with Crippen LogP contribution in [-0.2, 0) is 0 Å². The van der Waals surface area contributed by atoms with Crippen molar-refractivity contribution in [3.63, 3.8) is 0 Å². The molecule has 2 rings (SSSR count). The molecule has 112 valence electrons. The molecular weight excluding hydrogens is 468 g/mol. The highest BCUT2D eigenvalue weighted by atomic mass is 127. The van der Waals surface area contributed by atoms with Crippen molar-refractivity contribution >= 4 is 50.1 Å². The van der Waals surface area contributed by atoms with Crippen molar-refractivity contribution in [2.24, 2.45) is 5.73 Å². The number of methoxy groups -OCH3 is 2. The first-order valence-electron chi connectivity index (χ1n) is 6.10. The molecule has 1 unspecified atom stereocenters. The summed E-state index contributed by atoms with van der Waals surface area (Å²) < 4.78 is 12.6. The van der Waals surface area contributed by atoms with E-state index >= 15 is 0 Å². The fraction of sp³-hybridized carbons (Fsp3) is 0.200. The number of nitrogens with two attached hydrogens (primary N) is 1. The first-order valence-corrected chi connectivity index (χ1v) is 8.34. The third-order valence-electron chi connectivity index (χ3n) is 3.14. The second kappa shape index (κ2) is 7.17. The molecule has 2 N–H and O–H groups in total. The summed E-state index contributed by atoms with van der Waals surface area (Å²) in [5.74, 6) is 1.41. The minimum absolute atomic E-state index is 0.351. The smallest absolute Gasteiger partial charge is 0.133 e. The molecule has 3 nitrogen and oxygen atoms in total. The Morgan fingerprint density at radius 1 is 1.14 bits per heavy atom. The molecule has 6 heteroatoms. The number of hydrogen-bond acceptors (Lipinski definition) is 3. The van der Waals surface area contributed by atoms with Gasteiger partial charge < -0.3 is 15.2 Å². The highest BCUT2D eigenvalue weighted by Gasteiger charge is 2.18. The van der Waals surface area contributed by atoms with E-state index < -0.39 is 0 Å². The van der Waals surface area contributed by atoms with Crippen molar-refractivity contribution in [1.82, 2.24) is 0 Å². The van der Waals surface area contributed by atoms with Gasteiger partial charge in [-0.3, -0.25) is 0 Å². The van der Waals surface area contributed by atoms with Gasteiger partial charge in [0.2, 0.25) is 0 Å². The van der Waals surface area contributed by atoms with Crippen LogP contribution in [0, 0.1) is 3.57 Å². The molecule has 0 saturated carbocycles. The molecule has 0 aliphatic rings. The summed E-state index contributed by atoms with van der Waals surface area (Å²) in [6.45, 7) is 0. The SMILES string of the molecule is COc1cc(C(N)c2ccc(I)c(Cl)c2)c(OC)cc1Br. The van der Waals surface area contributed by atoms with Crippen LogP contribution in [0.2, 0.25) is 5.02 Å². The fourth-order valence-electron chi connectivity index (χ4n) is 2.01. The van der Waals surface area contributed by atoms with E-state index in [1.54, 1.807) is 14.2 Å². The number of rotatable bonds is 4. The van der Waals surface area contributed by atoms with Gasteiger partial charge in [-0.25, -0.2) is 0 Å². The van der Waals surface area contributed by atoms with Crippen LogP contribution in [0.25, 0.3) is 0 Å². The molecule has 0 aromatic heterocycles. The maximum absolute atomic E-state index is 6.37. The lowest BCUT2D eigenvalue weighted by atomic mass is 9.98. The summed E-state index contributed by atoms with van der Waals surface area (Å²) in [4.78, 5) is 0. The van der Waals surface area contributed by atoms with Gasteiger partial charge in [0.15, 0.2) is 0 Å². The maximum Gasteiger partial charge on any atom is 0.133 e. The highest BCUT2D eigenvalue weighted by Crippen LogP contribution is 2.37. The van der Waals surface area contributed by atoms with Crippen molar-refractivity contribution in [3.8, 4) is 11.5 Å². The Bertz CT molecular complexity index is 666. The number of ether oxygens (including phenoxy) is 2. The molecule has 2 aromatic carbocycles. The Morgan fingerprint density at radius 3 is 2.38 bits per heavy atom. The molecule has 0 saturated heterocycles. The third-order valence-corrected chi connectivity index (χ3v) is 5.33. The molecule has 2 aromatic rings. The summed E-state index contributed by atoms with van der Waals surface area (Å²) in [5, 5.41) is 0.687. The van der Waals surface area contributed by atoms with E-state index in [9.17, 15) is 0 Å². The predicted octanol–water partition coefficient (Wildman–Crippen LogP) is 4.77. The molecule has 0 spiro atoms. The van der Waals surface area contributed by atoms with E-state index in [1.165, 1.54) is 0 Å². The van der Waals surface area contributed by atoms with Gasteiger partial charge in [0.1, 0.15) is 11.5 Å². The lowest BCUT2D eigenvalue weighted by Gasteiger charge is -2.18. The van der Waals surface area contributed by atoms with Gasteiger partial charge in [-0.15, -0.1) is 0 Å². The van der Waals surface area contributed by atoms with E-state index in [-0.39, 0.29) is 6.04 Å². The number of benzene rings is 2. The van der Waals surface area contributed by atoms with Crippen molar-refractivity contribution in [2.45, 2.75) is 6.04 Å². The molecule has 0 aliphatic carbocycles. The highest BCUT2D eigenvalue weighted by molar-refractivity contribution is 14.1. The Kier molecular flexibility index (Phi) is 5.76. The van der Waals surface area contributed by atoms with Gasteiger partial charge in [0, 0.05) is 9.13 Å². The zero-order valence-corrected chi connectivity index (χ0v) is 16.0. The Labute approximate surface area is 151 Å². The molecule has 21 heavy (non-hydrogen) atoms. The maximum atomic E-state index is 6.37. The van der Waals surface area contributed by atoms with Crippen molar-refractivity contribution in [2.75, 3.05) is 14.2 Å². The number of halogens is 3. The summed E-state index contributed by atoms with van der Waals surface area (Å²) in [6.07, 6.45) is 0. The normalized spacial score (nSPS) is 12.1. The van der Waals surface area contributed by atoms with Gasteiger partial charge in [-0.1, -0.05) is 17.7 Å². The average Bonchev–Trinajstić information content (AvgIpc) is 2.49. The van der Waals surface area contributed by atoms with Crippen LogP contribution < -0.4 is 15.2 Å². The molecule has 0 fully saturated rings. The molecular formula is C15H14BrClINO2. The summed E-state index contributed by atoms with van der Waals surface area (Å²) in [6, 6.07) is 9.16. The van der Waals surface area contributed by atoms with Gasteiger partial charge >= 0.3 is 0 Å². The summed E-state index contributed by atoms with van der Waals surface area (Å²) in [5.41, 5.74) is 8.14. The topological polar surface area (TPSA) is 44.5 Å². The predicted molar refractivity (Wildman–Crippen MR) is 97.4 cm³/mol. The van der Waals surface area contributed by atoms with E-state index in [0.717, 1.165) is 19.2 Å².